The maximum Gasteiger partial charge on any atom is 0.230 e. The zero-order valence-electron chi connectivity index (χ0n) is 18.0. The number of amides is 1. The molecule has 0 radical (unpaired) electrons. The van der Waals surface area contributed by atoms with Gasteiger partial charge in [-0.1, -0.05) is 32.5 Å². The second kappa shape index (κ2) is 7.54. The van der Waals surface area contributed by atoms with Crippen molar-refractivity contribution in [2.45, 2.75) is 77.4 Å². The Kier molecular flexibility index (Phi) is 5.36. The first kappa shape index (κ1) is 20.6. The summed E-state index contributed by atoms with van der Waals surface area (Å²) in [5.41, 5.74) is 2.06. The van der Waals surface area contributed by atoms with E-state index >= 15 is 0 Å². The number of aromatic nitrogens is 4. The minimum Gasteiger partial charge on any atom is -0.351 e. The van der Waals surface area contributed by atoms with Gasteiger partial charge >= 0.3 is 0 Å². The van der Waals surface area contributed by atoms with E-state index in [1.54, 1.807) is 0 Å². The van der Waals surface area contributed by atoms with Crippen LogP contribution in [-0.2, 0) is 17.6 Å². The molecule has 6 nitrogen and oxygen atoms in total. The van der Waals surface area contributed by atoms with Gasteiger partial charge in [-0.2, -0.15) is 0 Å². The maximum absolute atomic E-state index is 12.3. The van der Waals surface area contributed by atoms with E-state index in [4.69, 9.17) is 4.98 Å². The molecular formula is C21H29N5OS2. The van der Waals surface area contributed by atoms with E-state index in [2.05, 4.69) is 40.7 Å². The van der Waals surface area contributed by atoms with Crippen LogP contribution in [0.5, 0.6) is 0 Å². The summed E-state index contributed by atoms with van der Waals surface area (Å²) >= 11 is 3.25. The highest BCUT2D eigenvalue weighted by Crippen LogP contribution is 2.40. The predicted octanol–water partition coefficient (Wildman–Crippen LogP) is 4.59. The summed E-state index contributed by atoms with van der Waals surface area (Å²) in [6.07, 6.45) is 3.42. The van der Waals surface area contributed by atoms with Crippen molar-refractivity contribution in [3.8, 4) is 0 Å². The summed E-state index contributed by atoms with van der Waals surface area (Å²) in [5, 5.41) is 13.9. The smallest absolute Gasteiger partial charge is 0.230 e. The van der Waals surface area contributed by atoms with Crippen molar-refractivity contribution in [3.05, 3.63) is 16.3 Å². The highest BCUT2D eigenvalue weighted by atomic mass is 32.2. The van der Waals surface area contributed by atoms with E-state index in [9.17, 15) is 4.79 Å². The van der Waals surface area contributed by atoms with Crippen LogP contribution in [0, 0.1) is 5.92 Å². The Morgan fingerprint density at radius 2 is 2.10 bits per heavy atom. The summed E-state index contributed by atoms with van der Waals surface area (Å²) in [7, 11) is 0. The first-order chi connectivity index (χ1) is 13.6. The zero-order valence-corrected chi connectivity index (χ0v) is 19.6. The minimum atomic E-state index is -0.242. The number of aryl methyl sites for hydroxylation is 1. The van der Waals surface area contributed by atoms with Crippen molar-refractivity contribution in [2.24, 2.45) is 5.92 Å². The van der Waals surface area contributed by atoms with Crippen LogP contribution in [0.4, 0.5) is 0 Å². The summed E-state index contributed by atoms with van der Waals surface area (Å²) in [6.45, 7) is 12.6. The van der Waals surface area contributed by atoms with Crippen LogP contribution in [0.1, 0.15) is 70.1 Å². The summed E-state index contributed by atoms with van der Waals surface area (Å²) in [4.78, 5) is 19.9. The molecule has 0 saturated heterocycles. The van der Waals surface area contributed by atoms with Gasteiger partial charge in [0.25, 0.3) is 0 Å². The Hall–Kier alpha value is -1.67. The third-order valence-corrected chi connectivity index (χ3v) is 7.24. The number of nitrogens with zero attached hydrogens (tertiary/aromatic N) is 4. The number of hydrogen-bond acceptors (Lipinski definition) is 6. The van der Waals surface area contributed by atoms with Crippen molar-refractivity contribution in [1.82, 2.24) is 24.9 Å². The molecule has 8 heteroatoms. The quantitative estimate of drug-likeness (QED) is 0.612. The molecule has 0 bridgehead atoms. The SMILES string of the molecule is CC1CCc2c(sc3nc(C(C)C)n4c(SCC(=O)NC(C)(C)C)nnc4c23)C1. The van der Waals surface area contributed by atoms with Crippen molar-refractivity contribution in [1.29, 1.82) is 0 Å². The topological polar surface area (TPSA) is 72.2 Å². The van der Waals surface area contributed by atoms with Gasteiger partial charge < -0.3 is 5.32 Å². The molecule has 1 aliphatic rings. The molecule has 156 valence electrons. The molecule has 0 spiro atoms. The summed E-state index contributed by atoms with van der Waals surface area (Å²) in [6, 6.07) is 0. The second-order valence-electron chi connectivity index (χ2n) is 9.39. The van der Waals surface area contributed by atoms with Crippen molar-refractivity contribution < 1.29 is 4.79 Å². The largest absolute Gasteiger partial charge is 0.351 e. The number of thioether (sulfide) groups is 1. The Morgan fingerprint density at radius 3 is 2.79 bits per heavy atom. The second-order valence-corrected chi connectivity index (χ2v) is 11.4. The van der Waals surface area contributed by atoms with Gasteiger partial charge in [0.1, 0.15) is 10.7 Å². The number of carbonyl (C=O) groups is 1. The Balaban J connectivity index is 1.77. The maximum atomic E-state index is 12.3. The molecule has 1 aliphatic carbocycles. The Morgan fingerprint density at radius 1 is 1.34 bits per heavy atom. The van der Waals surface area contributed by atoms with E-state index in [-0.39, 0.29) is 17.4 Å². The lowest BCUT2D eigenvalue weighted by molar-refractivity contribution is -0.119. The van der Waals surface area contributed by atoms with Crippen LogP contribution in [0.2, 0.25) is 0 Å². The average Bonchev–Trinajstić information content (AvgIpc) is 3.17. The number of rotatable bonds is 4. The fourth-order valence-corrected chi connectivity index (χ4v) is 6.03. The van der Waals surface area contributed by atoms with Gasteiger partial charge in [-0.15, -0.1) is 21.5 Å². The van der Waals surface area contributed by atoms with Gasteiger partial charge in [-0.3, -0.25) is 9.20 Å². The number of hydrogen-bond donors (Lipinski definition) is 1. The van der Waals surface area contributed by atoms with Crippen LogP contribution < -0.4 is 5.32 Å². The molecule has 0 aromatic carbocycles. The number of fused-ring (bicyclic) bond motifs is 5. The molecule has 4 rings (SSSR count). The minimum absolute atomic E-state index is 0.00119. The third-order valence-electron chi connectivity index (χ3n) is 5.16. The van der Waals surface area contributed by atoms with Crippen LogP contribution in [-0.4, -0.2) is 36.8 Å². The van der Waals surface area contributed by atoms with Crippen molar-refractivity contribution in [2.75, 3.05) is 5.75 Å². The molecule has 1 N–H and O–H groups in total. The molecule has 1 atom stereocenters. The standard InChI is InChI=1S/C21H29N5OS2/c1-11(2)17-22-19-16(13-8-7-12(3)9-14(13)29-19)18-24-25-20(26(17)18)28-10-15(27)23-21(4,5)6/h11-12H,7-10H2,1-6H3,(H,23,27). The van der Waals surface area contributed by atoms with Gasteiger partial charge in [-0.05, 0) is 51.5 Å². The molecule has 3 heterocycles. The number of thiophene rings is 1. The molecule has 1 unspecified atom stereocenters. The summed E-state index contributed by atoms with van der Waals surface area (Å²) in [5.74, 6) is 2.23. The van der Waals surface area contributed by atoms with E-state index in [0.717, 1.165) is 40.2 Å². The Labute approximate surface area is 179 Å². The highest BCUT2D eigenvalue weighted by Gasteiger charge is 2.26. The third kappa shape index (κ3) is 4.01. The molecule has 3 aromatic rings. The van der Waals surface area contributed by atoms with Crippen LogP contribution in [0.25, 0.3) is 15.9 Å². The highest BCUT2D eigenvalue weighted by molar-refractivity contribution is 7.99. The molecule has 0 aliphatic heterocycles. The zero-order chi connectivity index (χ0) is 20.9. The van der Waals surface area contributed by atoms with Crippen molar-refractivity contribution >= 4 is 44.9 Å². The fraction of sp³-hybridized carbons (Fsp3) is 0.619. The predicted molar refractivity (Wildman–Crippen MR) is 120 cm³/mol. The molecule has 0 saturated carbocycles. The van der Waals surface area contributed by atoms with Gasteiger partial charge in [0.2, 0.25) is 5.91 Å². The first-order valence-corrected chi connectivity index (χ1v) is 12.1. The lowest BCUT2D eigenvalue weighted by atomic mass is 9.89. The average molecular weight is 432 g/mol. The molecule has 29 heavy (non-hydrogen) atoms. The normalized spacial score (nSPS) is 17.3. The van der Waals surface area contributed by atoms with Gasteiger partial charge in [0.05, 0.1) is 11.1 Å². The van der Waals surface area contributed by atoms with Gasteiger partial charge in [0, 0.05) is 16.3 Å². The van der Waals surface area contributed by atoms with Crippen molar-refractivity contribution in [3.63, 3.8) is 0 Å². The summed E-state index contributed by atoms with van der Waals surface area (Å²) < 4.78 is 2.08. The lowest BCUT2D eigenvalue weighted by Crippen LogP contribution is -2.41. The first-order valence-electron chi connectivity index (χ1n) is 10.3. The van der Waals surface area contributed by atoms with E-state index in [0.29, 0.717) is 5.75 Å². The fourth-order valence-electron chi connectivity index (χ4n) is 3.90. The molecule has 3 aromatic heterocycles. The number of nitrogens with one attached hydrogen (secondary N) is 1. The Bertz CT molecular complexity index is 1080. The molecule has 0 fully saturated rings. The van der Waals surface area contributed by atoms with Crippen LogP contribution in [0.3, 0.4) is 0 Å². The van der Waals surface area contributed by atoms with E-state index < -0.39 is 0 Å². The van der Waals surface area contributed by atoms with Crippen LogP contribution >= 0.6 is 23.1 Å². The van der Waals surface area contributed by atoms with Crippen LogP contribution in [0.15, 0.2) is 5.16 Å². The van der Waals surface area contributed by atoms with Gasteiger partial charge in [-0.25, -0.2) is 4.98 Å². The van der Waals surface area contributed by atoms with E-state index in [1.807, 2.05) is 32.1 Å². The molecular weight excluding hydrogens is 402 g/mol. The lowest BCUT2D eigenvalue weighted by Gasteiger charge is -2.20. The van der Waals surface area contributed by atoms with E-state index in [1.165, 1.54) is 34.0 Å². The number of carbonyl (C=O) groups excluding carboxylic acids is 1. The molecule has 1 amide bonds. The van der Waals surface area contributed by atoms with Gasteiger partial charge in [0.15, 0.2) is 10.8 Å². The monoisotopic (exact) mass is 431 g/mol.